The van der Waals surface area contributed by atoms with Gasteiger partial charge in [0.05, 0.1) is 0 Å². The van der Waals surface area contributed by atoms with Gasteiger partial charge in [-0.2, -0.15) is 13.2 Å². The summed E-state index contributed by atoms with van der Waals surface area (Å²) in [6, 6.07) is 5.91. The molecule has 9 heteroatoms. The van der Waals surface area contributed by atoms with Gasteiger partial charge < -0.3 is 9.88 Å². The van der Waals surface area contributed by atoms with Gasteiger partial charge in [0.25, 0.3) is 0 Å². The summed E-state index contributed by atoms with van der Waals surface area (Å²) in [5.74, 6) is -0.901. The molecule has 1 aromatic carbocycles. The van der Waals surface area contributed by atoms with E-state index in [0.29, 0.717) is 5.75 Å². The van der Waals surface area contributed by atoms with Gasteiger partial charge >= 0.3 is 6.18 Å². The highest BCUT2D eigenvalue weighted by molar-refractivity contribution is 7.99. The average Bonchev–Trinajstić information content (AvgIpc) is 3.13. The molecule has 2 aromatic rings. The topological polar surface area (TPSA) is 59.8 Å². The maximum absolute atomic E-state index is 12.7. The average molecular weight is 370 g/mol. The zero-order valence-electron chi connectivity index (χ0n) is 13.6. The number of carbonyl (C=O) groups excluding carboxylic acids is 1. The Balaban J connectivity index is 1.51. The van der Waals surface area contributed by atoms with E-state index in [1.54, 1.807) is 0 Å². The number of alkyl halides is 3. The largest absolute Gasteiger partial charge is 0.451 e. The van der Waals surface area contributed by atoms with Crippen molar-refractivity contribution in [2.45, 2.75) is 37.0 Å². The van der Waals surface area contributed by atoms with E-state index in [1.807, 2.05) is 18.2 Å². The molecule has 134 valence electrons. The number of hydrogen-bond acceptors (Lipinski definition) is 4. The minimum atomic E-state index is -4.54. The van der Waals surface area contributed by atoms with E-state index < -0.39 is 12.0 Å². The number of anilines is 1. The molecule has 5 nitrogen and oxygen atoms in total. The Hall–Kier alpha value is -2.03. The molecule has 0 atom stereocenters. The smallest absolute Gasteiger partial charge is 0.326 e. The van der Waals surface area contributed by atoms with Crippen LogP contribution in [0.1, 0.15) is 29.8 Å². The van der Waals surface area contributed by atoms with Gasteiger partial charge in [0.1, 0.15) is 0 Å². The molecule has 0 bridgehead atoms. The summed E-state index contributed by atoms with van der Waals surface area (Å²) >= 11 is 1.07. The van der Waals surface area contributed by atoms with Gasteiger partial charge in [-0.3, -0.25) is 4.79 Å². The summed E-state index contributed by atoms with van der Waals surface area (Å²) in [4.78, 5) is 12.0. The van der Waals surface area contributed by atoms with Gasteiger partial charge in [0.2, 0.25) is 11.7 Å². The molecule has 0 fully saturated rings. The van der Waals surface area contributed by atoms with E-state index in [9.17, 15) is 18.0 Å². The summed E-state index contributed by atoms with van der Waals surface area (Å²) in [5, 5.41) is 9.64. The number of aryl methyl sites for hydroxylation is 2. The van der Waals surface area contributed by atoms with E-state index in [-0.39, 0.29) is 17.5 Å². The Morgan fingerprint density at radius 1 is 1.28 bits per heavy atom. The molecule has 0 saturated carbocycles. The maximum Gasteiger partial charge on any atom is 0.451 e. The first-order valence-electron chi connectivity index (χ1n) is 7.85. The quantitative estimate of drug-likeness (QED) is 0.819. The number of benzene rings is 1. The number of thioether (sulfide) groups is 1. The highest BCUT2D eigenvalue weighted by Gasteiger charge is 2.37. The van der Waals surface area contributed by atoms with Gasteiger partial charge in [-0.25, -0.2) is 0 Å². The van der Waals surface area contributed by atoms with E-state index >= 15 is 0 Å². The number of rotatable bonds is 5. The lowest BCUT2D eigenvalue weighted by molar-refractivity contribution is -0.147. The van der Waals surface area contributed by atoms with Gasteiger partial charge in [-0.05, 0) is 42.5 Å². The molecule has 0 aliphatic heterocycles. The molecular weight excluding hydrogens is 353 g/mol. The van der Waals surface area contributed by atoms with Crippen molar-refractivity contribution in [2.24, 2.45) is 7.05 Å². The third kappa shape index (κ3) is 4.15. The van der Waals surface area contributed by atoms with Crippen molar-refractivity contribution in [1.29, 1.82) is 0 Å². The number of nitrogens with one attached hydrogen (secondary N) is 1. The lowest BCUT2D eigenvalue weighted by Gasteiger charge is -2.08. The highest BCUT2D eigenvalue weighted by Crippen LogP contribution is 2.30. The Bertz CT molecular complexity index is 788. The van der Waals surface area contributed by atoms with Crippen LogP contribution in [0.5, 0.6) is 0 Å². The Morgan fingerprint density at radius 3 is 2.76 bits per heavy atom. The molecule has 1 aliphatic rings. The molecule has 0 unspecified atom stereocenters. The summed E-state index contributed by atoms with van der Waals surface area (Å²) in [7, 11) is 1.26. The van der Waals surface area contributed by atoms with Crippen molar-refractivity contribution < 1.29 is 18.0 Å². The predicted octanol–water partition coefficient (Wildman–Crippen LogP) is 3.44. The fourth-order valence-electron chi connectivity index (χ4n) is 2.80. The summed E-state index contributed by atoms with van der Waals surface area (Å²) in [5.41, 5.74) is 3.36. The second kappa shape index (κ2) is 7.07. The van der Waals surface area contributed by atoms with Crippen LogP contribution in [0.3, 0.4) is 0 Å². The lowest BCUT2D eigenvalue weighted by Crippen LogP contribution is -2.14. The van der Waals surface area contributed by atoms with Crippen molar-refractivity contribution in [3.8, 4) is 0 Å². The number of nitrogens with zero attached hydrogens (tertiary/aromatic N) is 3. The second-order valence-corrected chi connectivity index (χ2v) is 6.91. The zero-order chi connectivity index (χ0) is 18.0. The molecular formula is C16H17F3N4OS. The third-order valence-corrected chi connectivity index (χ3v) is 5.05. The Morgan fingerprint density at radius 2 is 2.04 bits per heavy atom. The summed E-state index contributed by atoms with van der Waals surface area (Å²) in [6.07, 6.45) is -1.11. The number of hydrogen-bond donors (Lipinski definition) is 1. The second-order valence-electron chi connectivity index (χ2n) is 5.85. The predicted molar refractivity (Wildman–Crippen MR) is 88.4 cm³/mol. The molecule has 0 spiro atoms. The molecule has 1 amide bonds. The third-order valence-electron chi connectivity index (χ3n) is 4.03. The van der Waals surface area contributed by atoms with Crippen LogP contribution < -0.4 is 5.32 Å². The fourth-order valence-corrected chi connectivity index (χ4v) is 3.64. The van der Waals surface area contributed by atoms with Gasteiger partial charge in [0.15, 0.2) is 5.16 Å². The van der Waals surface area contributed by atoms with E-state index in [0.717, 1.165) is 41.3 Å². The van der Waals surface area contributed by atoms with Gasteiger partial charge in [-0.15, -0.1) is 10.2 Å². The van der Waals surface area contributed by atoms with Crippen LogP contribution in [0, 0.1) is 0 Å². The standard InChI is InChI=1S/C16H17F3N4OS/c1-23-14(16(17,18)19)21-22-15(23)25-8-7-13(24)20-12-6-5-10-3-2-4-11(10)9-12/h5-6,9H,2-4,7-8H2,1H3,(H,20,24). The van der Waals surface area contributed by atoms with Crippen LogP contribution in [-0.4, -0.2) is 26.4 Å². The lowest BCUT2D eigenvalue weighted by atomic mass is 10.1. The molecule has 1 heterocycles. The van der Waals surface area contributed by atoms with Crippen molar-refractivity contribution in [1.82, 2.24) is 14.8 Å². The SMILES string of the molecule is Cn1c(SCCC(=O)Nc2ccc3c(c2)CCC3)nnc1C(F)(F)F. The van der Waals surface area contributed by atoms with Crippen LogP contribution >= 0.6 is 11.8 Å². The van der Waals surface area contributed by atoms with E-state index in [4.69, 9.17) is 0 Å². The minimum Gasteiger partial charge on any atom is -0.326 e. The monoisotopic (exact) mass is 370 g/mol. The van der Waals surface area contributed by atoms with Gasteiger partial charge in [-0.1, -0.05) is 17.8 Å². The van der Waals surface area contributed by atoms with E-state index in [1.165, 1.54) is 18.2 Å². The molecule has 3 rings (SSSR count). The van der Waals surface area contributed by atoms with Crippen LogP contribution in [-0.2, 0) is 30.9 Å². The molecule has 0 radical (unpaired) electrons. The normalized spacial score (nSPS) is 13.8. The summed E-state index contributed by atoms with van der Waals surface area (Å²) < 4.78 is 38.8. The first kappa shape index (κ1) is 17.8. The minimum absolute atomic E-state index is 0.137. The number of amides is 1. The molecule has 0 saturated heterocycles. The van der Waals surface area contributed by atoms with Crippen LogP contribution in [0.2, 0.25) is 0 Å². The molecule has 25 heavy (non-hydrogen) atoms. The molecule has 1 aliphatic carbocycles. The van der Waals surface area contributed by atoms with Crippen LogP contribution in [0.15, 0.2) is 23.4 Å². The van der Waals surface area contributed by atoms with Crippen molar-refractivity contribution in [3.05, 3.63) is 35.2 Å². The van der Waals surface area contributed by atoms with E-state index in [2.05, 4.69) is 15.5 Å². The number of carbonyl (C=O) groups is 1. The Labute approximate surface area is 147 Å². The van der Waals surface area contributed by atoms with Crippen LogP contribution in [0.4, 0.5) is 18.9 Å². The zero-order valence-corrected chi connectivity index (χ0v) is 14.4. The van der Waals surface area contributed by atoms with Crippen LogP contribution in [0.25, 0.3) is 0 Å². The van der Waals surface area contributed by atoms with Crippen molar-refractivity contribution in [3.63, 3.8) is 0 Å². The van der Waals surface area contributed by atoms with Crippen molar-refractivity contribution in [2.75, 3.05) is 11.1 Å². The number of fused-ring (bicyclic) bond motifs is 1. The Kier molecular flexibility index (Phi) is 5.03. The first-order valence-corrected chi connectivity index (χ1v) is 8.84. The fraction of sp³-hybridized carbons (Fsp3) is 0.438. The first-order chi connectivity index (χ1) is 11.8. The highest BCUT2D eigenvalue weighted by atomic mass is 32.2. The number of halogens is 3. The molecule has 1 aromatic heterocycles. The maximum atomic E-state index is 12.7. The van der Waals surface area contributed by atoms with Crippen molar-refractivity contribution >= 4 is 23.4 Å². The molecule has 1 N–H and O–H groups in total. The number of aromatic nitrogens is 3. The summed E-state index contributed by atoms with van der Waals surface area (Å²) in [6.45, 7) is 0. The van der Waals surface area contributed by atoms with Gasteiger partial charge in [0, 0.05) is 24.9 Å².